The molecule has 0 spiro atoms. The summed E-state index contributed by atoms with van der Waals surface area (Å²) in [5.74, 6) is -0.355. The molecule has 1 heterocycles. The summed E-state index contributed by atoms with van der Waals surface area (Å²) in [7, 11) is -3.57. The number of halogens is 1. The SMILES string of the molecule is Cc1ccc(NC(=O)c2ccc(S(=O)(=O)N3CCOCC3)cc2)c(Cl)c1. The Labute approximate surface area is 157 Å². The molecule has 1 aliphatic rings. The summed E-state index contributed by atoms with van der Waals surface area (Å²) in [6.45, 7) is 3.34. The standard InChI is InChI=1S/C18H19ClN2O4S/c1-13-2-7-17(16(19)12-13)20-18(22)14-3-5-15(6-4-14)26(23,24)21-8-10-25-11-9-21/h2-7,12H,8-11H2,1H3,(H,20,22). The molecule has 0 aliphatic carbocycles. The molecule has 6 nitrogen and oxygen atoms in total. The van der Waals surface area contributed by atoms with Crippen molar-refractivity contribution in [3.63, 3.8) is 0 Å². The summed E-state index contributed by atoms with van der Waals surface area (Å²) < 4.78 is 31.7. The average molecular weight is 395 g/mol. The Morgan fingerprint density at radius 1 is 1.12 bits per heavy atom. The van der Waals surface area contributed by atoms with Crippen LogP contribution in [-0.4, -0.2) is 44.9 Å². The van der Waals surface area contributed by atoms with Crippen LogP contribution >= 0.6 is 11.6 Å². The topological polar surface area (TPSA) is 75.7 Å². The van der Waals surface area contributed by atoms with Gasteiger partial charge in [-0.3, -0.25) is 4.79 Å². The summed E-state index contributed by atoms with van der Waals surface area (Å²) in [6, 6.07) is 11.2. The van der Waals surface area contributed by atoms with Crippen LogP contribution in [0.2, 0.25) is 5.02 Å². The van der Waals surface area contributed by atoms with Crippen molar-refractivity contribution in [3.8, 4) is 0 Å². The van der Waals surface area contributed by atoms with E-state index in [-0.39, 0.29) is 10.8 Å². The van der Waals surface area contributed by atoms with Gasteiger partial charge in [0.05, 0.1) is 28.8 Å². The molecule has 1 N–H and O–H groups in total. The summed E-state index contributed by atoms with van der Waals surface area (Å²) >= 11 is 6.12. The van der Waals surface area contributed by atoms with Gasteiger partial charge in [-0.25, -0.2) is 8.42 Å². The minimum Gasteiger partial charge on any atom is -0.379 e. The number of anilines is 1. The smallest absolute Gasteiger partial charge is 0.255 e. The van der Waals surface area contributed by atoms with Crippen LogP contribution in [0, 0.1) is 6.92 Å². The Bertz CT molecular complexity index is 907. The van der Waals surface area contributed by atoms with Crippen molar-refractivity contribution >= 4 is 33.2 Å². The number of sulfonamides is 1. The maximum Gasteiger partial charge on any atom is 0.255 e. The van der Waals surface area contributed by atoms with Gasteiger partial charge < -0.3 is 10.1 Å². The lowest BCUT2D eigenvalue weighted by Crippen LogP contribution is -2.40. The fourth-order valence-electron chi connectivity index (χ4n) is 2.63. The van der Waals surface area contributed by atoms with Crippen LogP contribution < -0.4 is 5.32 Å². The van der Waals surface area contributed by atoms with Crippen molar-refractivity contribution in [2.24, 2.45) is 0 Å². The van der Waals surface area contributed by atoms with Crippen LogP contribution in [0.25, 0.3) is 0 Å². The lowest BCUT2D eigenvalue weighted by Gasteiger charge is -2.26. The molecule has 2 aromatic rings. The zero-order valence-electron chi connectivity index (χ0n) is 14.2. The summed E-state index contributed by atoms with van der Waals surface area (Å²) in [4.78, 5) is 12.5. The number of hydrogen-bond donors (Lipinski definition) is 1. The predicted octanol–water partition coefficient (Wildman–Crippen LogP) is 2.92. The highest BCUT2D eigenvalue weighted by Gasteiger charge is 2.26. The molecule has 26 heavy (non-hydrogen) atoms. The zero-order valence-corrected chi connectivity index (χ0v) is 15.8. The van der Waals surface area contributed by atoms with Gasteiger partial charge in [0.15, 0.2) is 0 Å². The first-order chi connectivity index (χ1) is 12.4. The quantitative estimate of drug-likeness (QED) is 0.865. The van der Waals surface area contributed by atoms with Crippen LogP contribution in [0.15, 0.2) is 47.4 Å². The molecule has 0 radical (unpaired) electrons. The van der Waals surface area contributed by atoms with Crippen molar-refractivity contribution in [1.29, 1.82) is 0 Å². The lowest BCUT2D eigenvalue weighted by atomic mass is 10.2. The second kappa shape index (κ2) is 7.75. The van der Waals surface area contributed by atoms with E-state index in [1.807, 2.05) is 13.0 Å². The van der Waals surface area contributed by atoms with Gasteiger partial charge in [0.1, 0.15) is 0 Å². The van der Waals surface area contributed by atoms with Gasteiger partial charge in [-0.2, -0.15) is 4.31 Å². The van der Waals surface area contributed by atoms with Gasteiger partial charge in [-0.1, -0.05) is 17.7 Å². The third-order valence-corrected chi connectivity index (χ3v) is 6.32. The largest absolute Gasteiger partial charge is 0.379 e. The number of nitrogens with one attached hydrogen (secondary N) is 1. The predicted molar refractivity (Wildman–Crippen MR) is 100 cm³/mol. The first-order valence-electron chi connectivity index (χ1n) is 8.13. The van der Waals surface area contributed by atoms with Crippen LogP contribution in [-0.2, 0) is 14.8 Å². The number of carbonyl (C=O) groups excluding carboxylic acids is 1. The van der Waals surface area contributed by atoms with E-state index in [1.165, 1.54) is 28.6 Å². The molecule has 0 saturated carbocycles. The van der Waals surface area contributed by atoms with Gasteiger partial charge in [0.25, 0.3) is 5.91 Å². The number of amides is 1. The second-order valence-corrected chi connectivity index (χ2v) is 8.32. The maximum atomic E-state index is 12.6. The van der Waals surface area contributed by atoms with E-state index in [9.17, 15) is 13.2 Å². The number of morpholine rings is 1. The van der Waals surface area contributed by atoms with E-state index in [4.69, 9.17) is 16.3 Å². The van der Waals surface area contributed by atoms with Crippen molar-refractivity contribution in [2.75, 3.05) is 31.6 Å². The highest BCUT2D eigenvalue weighted by molar-refractivity contribution is 7.89. The number of nitrogens with zero attached hydrogens (tertiary/aromatic N) is 1. The van der Waals surface area contributed by atoms with E-state index in [0.29, 0.717) is 42.6 Å². The van der Waals surface area contributed by atoms with Gasteiger partial charge in [0, 0.05) is 18.7 Å². The minimum atomic E-state index is -3.57. The number of carbonyl (C=O) groups is 1. The van der Waals surface area contributed by atoms with Crippen molar-refractivity contribution in [2.45, 2.75) is 11.8 Å². The highest BCUT2D eigenvalue weighted by Crippen LogP contribution is 2.24. The average Bonchev–Trinajstić information content (AvgIpc) is 2.65. The van der Waals surface area contributed by atoms with E-state index in [2.05, 4.69) is 5.32 Å². The van der Waals surface area contributed by atoms with Gasteiger partial charge >= 0.3 is 0 Å². The summed E-state index contributed by atoms with van der Waals surface area (Å²) in [6.07, 6.45) is 0. The Morgan fingerprint density at radius 3 is 2.38 bits per heavy atom. The number of ether oxygens (including phenoxy) is 1. The second-order valence-electron chi connectivity index (χ2n) is 5.98. The molecule has 0 unspecified atom stereocenters. The molecule has 1 amide bonds. The van der Waals surface area contributed by atoms with Gasteiger partial charge in [0.2, 0.25) is 10.0 Å². The van der Waals surface area contributed by atoms with Crippen LogP contribution in [0.4, 0.5) is 5.69 Å². The normalized spacial score (nSPS) is 15.6. The highest BCUT2D eigenvalue weighted by atomic mass is 35.5. The third kappa shape index (κ3) is 4.07. The molecule has 2 aromatic carbocycles. The fraction of sp³-hybridized carbons (Fsp3) is 0.278. The number of hydrogen-bond acceptors (Lipinski definition) is 4. The molecule has 1 saturated heterocycles. The molecule has 1 aliphatic heterocycles. The van der Waals surface area contributed by atoms with E-state index >= 15 is 0 Å². The fourth-order valence-corrected chi connectivity index (χ4v) is 4.32. The molecule has 3 rings (SSSR count). The molecular formula is C18H19ClN2O4S. The van der Waals surface area contributed by atoms with Crippen molar-refractivity contribution in [1.82, 2.24) is 4.31 Å². The van der Waals surface area contributed by atoms with Crippen LogP contribution in [0.1, 0.15) is 15.9 Å². The van der Waals surface area contributed by atoms with Gasteiger partial charge in [-0.15, -0.1) is 0 Å². The maximum absolute atomic E-state index is 12.6. The lowest BCUT2D eigenvalue weighted by molar-refractivity contribution is 0.0730. The Hall–Kier alpha value is -1.93. The van der Waals surface area contributed by atoms with E-state index in [1.54, 1.807) is 12.1 Å². The molecule has 138 valence electrons. The minimum absolute atomic E-state index is 0.157. The van der Waals surface area contributed by atoms with E-state index < -0.39 is 10.0 Å². The summed E-state index contributed by atoms with van der Waals surface area (Å²) in [5.41, 5.74) is 1.85. The summed E-state index contributed by atoms with van der Waals surface area (Å²) in [5, 5.41) is 3.18. The van der Waals surface area contributed by atoms with Gasteiger partial charge in [-0.05, 0) is 48.9 Å². The molecule has 8 heteroatoms. The van der Waals surface area contributed by atoms with Crippen LogP contribution in [0.5, 0.6) is 0 Å². The molecule has 1 fully saturated rings. The first-order valence-corrected chi connectivity index (χ1v) is 9.95. The molecule has 0 bridgehead atoms. The molecule has 0 atom stereocenters. The molecular weight excluding hydrogens is 376 g/mol. The first kappa shape index (κ1) is 18.8. The van der Waals surface area contributed by atoms with Crippen molar-refractivity contribution in [3.05, 3.63) is 58.6 Å². The Balaban J connectivity index is 1.75. The Morgan fingerprint density at radius 2 is 1.77 bits per heavy atom. The van der Waals surface area contributed by atoms with Crippen LogP contribution in [0.3, 0.4) is 0 Å². The van der Waals surface area contributed by atoms with Crippen molar-refractivity contribution < 1.29 is 17.9 Å². The third-order valence-electron chi connectivity index (χ3n) is 4.10. The Kier molecular flexibility index (Phi) is 5.62. The molecule has 0 aromatic heterocycles. The monoisotopic (exact) mass is 394 g/mol. The number of aryl methyl sites for hydroxylation is 1. The number of rotatable bonds is 4. The van der Waals surface area contributed by atoms with E-state index in [0.717, 1.165) is 5.56 Å². The zero-order chi connectivity index (χ0) is 18.7. The number of benzene rings is 2.